The van der Waals surface area contributed by atoms with Gasteiger partial charge in [-0.15, -0.1) is 11.3 Å². The fourth-order valence-corrected chi connectivity index (χ4v) is 3.52. The zero-order chi connectivity index (χ0) is 16.9. The van der Waals surface area contributed by atoms with Crippen LogP contribution in [0.2, 0.25) is 0 Å². The number of halogens is 1. The highest BCUT2D eigenvalue weighted by molar-refractivity contribution is 9.10. The van der Waals surface area contributed by atoms with Gasteiger partial charge in [0, 0.05) is 15.4 Å². The molecule has 0 fully saturated rings. The quantitative estimate of drug-likeness (QED) is 0.596. The lowest BCUT2D eigenvalue weighted by Gasteiger charge is -2.14. The largest absolute Gasteiger partial charge is 0.301 e. The Morgan fingerprint density at radius 2 is 1.88 bits per heavy atom. The number of hydrogen-bond acceptors (Lipinski definition) is 3. The van der Waals surface area contributed by atoms with Gasteiger partial charge in [-0.1, -0.05) is 65.3 Å². The van der Waals surface area contributed by atoms with Crippen molar-refractivity contribution in [3.8, 4) is 11.3 Å². The van der Waals surface area contributed by atoms with Crippen molar-refractivity contribution < 1.29 is 4.79 Å². The van der Waals surface area contributed by atoms with Crippen LogP contribution in [0.1, 0.15) is 24.8 Å². The fourth-order valence-electron chi connectivity index (χ4n) is 2.53. The average Bonchev–Trinajstić information content (AvgIpc) is 3.05. The van der Waals surface area contributed by atoms with Gasteiger partial charge in [0.1, 0.15) is 0 Å². The molecule has 0 saturated carbocycles. The number of benzene rings is 2. The lowest BCUT2D eigenvalue weighted by atomic mass is 9.96. The van der Waals surface area contributed by atoms with Gasteiger partial charge in [0.2, 0.25) is 5.91 Å². The highest BCUT2D eigenvalue weighted by Gasteiger charge is 2.19. The molecule has 0 aliphatic carbocycles. The third-order valence-corrected chi connectivity index (χ3v) is 5.09. The highest BCUT2D eigenvalue weighted by atomic mass is 79.9. The molecule has 1 heterocycles. The maximum absolute atomic E-state index is 12.6. The molecule has 2 aromatic carbocycles. The van der Waals surface area contributed by atoms with E-state index in [4.69, 9.17) is 0 Å². The minimum Gasteiger partial charge on any atom is -0.301 e. The average molecular weight is 401 g/mol. The Morgan fingerprint density at radius 3 is 2.54 bits per heavy atom. The lowest BCUT2D eigenvalue weighted by Crippen LogP contribution is -2.20. The van der Waals surface area contributed by atoms with E-state index in [9.17, 15) is 4.79 Å². The Hall–Kier alpha value is -1.98. The zero-order valence-electron chi connectivity index (χ0n) is 13.2. The minimum absolute atomic E-state index is 0.0135. The number of nitrogens with zero attached hydrogens (tertiary/aromatic N) is 1. The molecule has 3 rings (SSSR count). The molecule has 3 aromatic rings. The smallest absolute Gasteiger partial charge is 0.233 e. The van der Waals surface area contributed by atoms with Crippen molar-refractivity contribution in [1.82, 2.24) is 4.98 Å². The van der Waals surface area contributed by atoms with Crippen molar-refractivity contribution in [2.45, 2.75) is 19.3 Å². The van der Waals surface area contributed by atoms with E-state index in [0.717, 1.165) is 27.7 Å². The van der Waals surface area contributed by atoms with Crippen molar-refractivity contribution in [2.75, 3.05) is 5.32 Å². The number of nitrogens with one attached hydrogen (secondary N) is 1. The van der Waals surface area contributed by atoms with Gasteiger partial charge in [0.15, 0.2) is 5.13 Å². The molecule has 1 atom stereocenters. The number of thiazole rings is 1. The normalized spacial score (nSPS) is 11.9. The first kappa shape index (κ1) is 16.9. The molecule has 3 nitrogen and oxygen atoms in total. The highest BCUT2D eigenvalue weighted by Crippen LogP contribution is 2.27. The third kappa shape index (κ3) is 3.91. The number of hydrogen-bond donors (Lipinski definition) is 1. The predicted octanol–water partition coefficient (Wildman–Crippen LogP) is 5.70. The number of amides is 1. The van der Waals surface area contributed by atoms with Crippen molar-refractivity contribution in [3.63, 3.8) is 0 Å². The molecule has 0 bridgehead atoms. The van der Waals surface area contributed by atoms with E-state index in [0.29, 0.717) is 5.13 Å². The molecule has 1 amide bonds. The zero-order valence-corrected chi connectivity index (χ0v) is 15.6. The van der Waals surface area contributed by atoms with Crippen molar-refractivity contribution in [1.29, 1.82) is 0 Å². The van der Waals surface area contributed by atoms with Gasteiger partial charge in [-0.3, -0.25) is 4.79 Å². The van der Waals surface area contributed by atoms with Crippen LogP contribution in [0, 0.1) is 0 Å². The molecule has 0 spiro atoms. The van der Waals surface area contributed by atoms with Crippen LogP contribution in [0.15, 0.2) is 64.5 Å². The maximum Gasteiger partial charge on any atom is 0.233 e. The van der Waals surface area contributed by atoms with Crippen molar-refractivity contribution >= 4 is 38.3 Å². The first-order valence-corrected chi connectivity index (χ1v) is 9.42. The topological polar surface area (TPSA) is 42.0 Å². The van der Waals surface area contributed by atoms with Crippen LogP contribution >= 0.6 is 27.3 Å². The van der Waals surface area contributed by atoms with Crippen LogP contribution in [0.4, 0.5) is 5.13 Å². The standard InChI is InChI=1S/C19H17BrN2OS/c1-2-16(13-6-4-3-5-7-13)18(23)22-19-21-17(12-24-19)14-8-10-15(20)11-9-14/h3-12,16H,2H2,1H3,(H,21,22,23)/t16-/m1/s1. The molecule has 0 unspecified atom stereocenters. The van der Waals surface area contributed by atoms with Gasteiger partial charge in [0.25, 0.3) is 0 Å². The molecule has 24 heavy (non-hydrogen) atoms. The van der Waals surface area contributed by atoms with Crippen LogP contribution < -0.4 is 5.32 Å². The van der Waals surface area contributed by atoms with Crippen molar-refractivity contribution in [2.24, 2.45) is 0 Å². The maximum atomic E-state index is 12.6. The number of carbonyl (C=O) groups is 1. The van der Waals surface area contributed by atoms with Gasteiger partial charge in [-0.05, 0) is 24.1 Å². The molecule has 1 N–H and O–H groups in total. The van der Waals surface area contributed by atoms with Crippen LogP contribution in [-0.2, 0) is 4.79 Å². The monoisotopic (exact) mass is 400 g/mol. The van der Waals surface area contributed by atoms with Gasteiger partial charge in [0.05, 0.1) is 11.6 Å². The van der Waals surface area contributed by atoms with E-state index in [-0.39, 0.29) is 11.8 Å². The summed E-state index contributed by atoms with van der Waals surface area (Å²) in [5, 5.41) is 5.54. The summed E-state index contributed by atoms with van der Waals surface area (Å²) in [5.74, 6) is -0.174. The van der Waals surface area contributed by atoms with Crippen LogP contribution in [-0.4, -0.2) is 10.9 Å². The summed E-state index contributed by atoms with van der Waals surface area (Å²) >= 11 is 4.87. The van der Waals surface area contributed by atoms with E-state index in [2.05, 4.69) is 26.2 Å². The van der Waals surface area contributed by atoms with Crippen LogP contribution in [0.3, 0.4) is 0 Å². The Morgan fingerprint density at radius 1 is 1.17 bits per heavy atom. The first-order valence-electron chi connectivity index (χ1n) is 7.74. The fraction of sp³-hybridized carbons (Fsp3) is 0.158. The van der Waals surface area contributed by atoms with Crippen LogP contribution in [0.5, 0.6) is 0 Å². The summed E-state index contributed by atoms with van der Waals surface area (Å²) in [5.41, 5.74) is 2.93. The van der Waals surface area contributed by atoms with E-state index in [1.54, 1.807) is 0 Å². The second-order valence-corrected chi connectivity index (χ2v) is 7.18. The molecule has 0 aliphatic rings. The molecular weight excluding hydrogens is 384 g/mol. The van der Waals surface area contributed by atoms with Gasteiger partial charge in [-0.25, -0.2) is 4.98 Å². The molecule has 5 heteroatoms. The van der Waals surface area contributed by atoms with Gasteiger partial charge >= 0.3 is 0 Å². The Bertz CT molecular complexity index is 815. The summed E-state index contributed by atoms with van der Waals surface area (Å²) in [4.78, 5) is 17.1. The van der Waals surface area contributed by atoms with E-state index < -0.39 is 0 Å². The Labute approximate surface area is 153 Å². The van der Waals surface area contributed by atoms with E-state index in [1.807, 2.05) is 66.9 Å². The molecular formula is C19H17BrN2OS. The minimum atomic E-state index is -0.161. The number of carbonyl (C=O) groups excluding carboxylic acids is 1. The van der Waals surface area contributed by atoms with Crippen molar-refractivity contribution in [3.05, 3.63) is 70.0 Å². The van der Waals surface area contributed by atoms with Gasteiger partial charge in [-0.2, -0.15) is 0 Å². The second-order valence-electron chi connectivity index (χ2n) is 5.41. The molecule has 0 aliphatic heterocycles. The summed E-state index contributed by atoms with van der Waals surface area (Å²) in [7, 11) is 0. The first-order chi connectivity index (χ1) is 11.7. The number of rotatable bonds is 5. The van der Waals surface area contributed by atoms with Gasteiger partial charge < -0.3 is 5.32 Å². The molecule has 0 saturated heterocycles. The number of anilines is 1. The molecule has 1 aromatic heterocycles. The summed E-state index contributed by atoms with van der Waals surface area (Å²) < 4.78 is 1.03. The van der Waals surface area contributed by atoms with E-state index >= 15 is 0 Å². The third-order valence-electron chi connectivity index (χ3n) is 3.80. The summed E-state index contributed by atoms with van der Waals surface area (Å²) in [6.07, 6.45) is 0.751. The van der Waals surface area contributed by atoms with Crippen LogP contribution in [0.25, 0.3) is 11.3 Å². The lowest BCUT2D eigenvalue weighted by molar-refractivity contribution is -0.117. The molecule has 122 valence electrons. The summed E-state index contributed by atoms with van der Waals surface area (Å²) in [6, 6.07) is 17.8. The molecule has 0 radical (unpaired) electrons. The summed E-state index contributed by atoms with van der Waals surface area (Å²) in [6.45, 7) is 2.02. The Kier molecular flexibility index (Phi) is 5.43. The number of aromatic nitrogens is 1. The predicted molar refractivity (Wildman–Crippen MR) is 103 cm³/mol. The Balaban J connectivity index is 1.74. The SMILES string of the molecule is CC[C@@H](C(=O)Nc1nc(-c2ccc(Br)cc2)cs1)c1ccccc1. The second kappa shape index (κ2) is 7.73. The van der Waals surface area contributed by atoms with E-state index in [1.165, 1.54) is 11.3 Å².